The largest absolute Gasteiger partial charge is 0.468 e. The number of methoxy groups -OCH3 is 1. The number of hydrogen-bond acceptors (Lipinski definition) is 5. The highest BCUT2D eigenvalue weighted by Gasteiger charge is 2.30. The predicted octanol–water partition coefficient (Wildman–Crippen LogP) is 1.26. The van der Waals surface area contributed by atoms with Crippen LogP contribution < -0.4 is 4.72 Å². The van der Waals surface area contributed by atoms with E-state index in [0.717, 1.165) is 32.4 Å². The van der Waals surface area contributed by atoms with E-state index in [1.807, 2.05) is 11.6 Å². The van der Waals surface area contributed by atoms with E-state index in [1.165, 1.54) is 0 Å². The fourth-order valence-corrected chi connectivity index (χ4v) is 2.58. The molecule has 1 unspecified atom stereocenters. The Morgan fingerprint density at radius 1 is 1.24 bits per heavy atom. The molecule has 0 saturated heterocycles. The minimum Gasteiger partial charge on any atom is -0.468 e. The summed E-state index contributed by atoms with van der Waals surface area (Å²) in [6, 6.07) is 6.65. The summed E-state index contributed by atoms with van der Waals surface area (Å²) in [5, 5.41) is -1.45. The number of ether oxygens (including phenoxy) is 1. The summed E-state index contributed by atoms with van der Waals surface area (Å²) < 4.78 is 29.9. The molecule has 0 heterocycles. The maximum absolute atomic E-state index is 11.9. The van der Waals surface area contributed by atoms with Crippen LogP contribution >= 0.6 is 0 Å². The third-order valence-corrected chi connectivity index (χ3v) is 4.58. The Kier molecular flexibility index (Phi) is 5.90. The highest BCUT2D eigenvalue weighted by atomic mass is 32.2. The molecule has 0 fully saturated rings. The standard InChI is InChI=1S/C14H19NO5S/c1-4-5-11-6-8-12(9-7-11)13(16)15-21(18,19)10(2)14(17)20-3/h6-10H,4-5H2,1-3H3,(H,15,16). The highest BCUT2D eigenvalue weighted by molar-refractivity contribution is 7.91. The van der Waals surface area contributed by atoms with E-state index in [4.69, 9.17) is 0 Å². The van der Waals surface area contributed by atoms with E-state index in [2.05, 4.69) is 4.74 Å². The van der Waals surface area contributed by atoms with Gasteiger partial charge in [0.25, 0.3) is 5.91 Å². The van der Waals surface area contributed by atoms with Crippen LogP contribution in [0.25, 0.3) is 0 Å². The van der Waals surface area contributed by atoms with Gasteiger partial charge in [-0.25, -0.2) is 13.1 Å². The molecule has 6 nitrogen and oxygen atoms in total. The lowest BCUT2D eigenvalue weighted by atomic mass is 10.1. The Morgan fingerprint density at radius 2 is 1.81 bits per heavy atom. The molecule has 0 aliphatic heterocycles. The van der Waals surface area contributed by atoms with Crippen molar-refractivity contribution in [2.24, 2.45) is 0 Å². The van der Waals surface area contributed by atoms with E-state index in [0.29, 0.717) is 0 Å². The molecule has 1 amide bonds. The smallest absolute Gasteiger partial charge is 0.325 e. The van der Waals surface area contributed by atoms with E-state index in [9.17, 15) is 18.0 Å². The van der Waals surface area contributed by atoms with Gasteiger partial charge in [0.05, 0.1) is 7.11 Å². The molecule has 0 aliphatic rings. The van der Waals surface area contributed by atoms with Crippen LogP contribution in [0.1, 0.15) is 36.2 Å². The number of esters is 1. The zero-order chi connectivity index (χ0) is 16.0. The second kappa shape index (κ2) is 7.21. The number of carbonyl (C=O) groups excluding carboxylic acids is 2. The van der Waals surface area contributed by atoms with Crippen LogP contribution in [0.2, 0.25) is 0 Å². The number of nitrogens with one attached hydrogen (secondary N) is 1. The second-order valence-corrected chi connectivity index (χ2v) is 6.59. The van der Waals surface area contributed by atoms with E-state index in [-0.39, 0.29) is 5.56 Å². The van der Waals surface area contributed by atoms with Gasteiger partial charge in [0.1, 0.15) is 0 Å². The Bertz CT molecular complexity index is 607. The van der Waals surface area contributed by atoms with Gasteiger partial charge in [-0.3, -0.25) is 9.59 Å². The van der Waals surface area contributed by atoms with E-state index < -0.39 is 27.1 Å². The molecule has 0 spiro atoms. The van der Waals surface area contributed by atoms with Crippen molar-refractivity contribution in [2.75, 3.05) is 7.11 Å². The van der Waals surface area contributed by atoms with Crippen LogP contribution in [0.4, 0.5) is 0 Å². The van der Waals surface area contributed by atoms with E-state index in [1.54, 1.807) is 24.3 Å². The fourth-order valence-electron chi connectivity index (χ4n) is 1.68. The van der Waals surface area contributed by atoms with Gasteiger partial charge >= 0.3 is 5.97 Å². The highest BCUT2D eigenvalue weighted by Crippen LogP contribution is 2.08. The minimum absolute atomic E-state index is 0.218. The van der Waals surface area contributed by atoms with Gasteiger partial charge in [-0.2, -0.15) is 0 Å². The minimum atomic E-state index is -4.11. The molecular weight excluding hydrogens is 294 g/mol. The molecule has 1 aromatic carbocycles. The molecule has 1 atom stereocenters. The molecule has 0 aliphatic carbocycles. The molecule has 1 N–H and O–H groups in total. The molecule has 7 heteroatoms. The SMILES string of the molecule is CCCc1ccc(C(=O)NS(=O)(=O)C(C)C(=O)OC)cc1. The van der Waals surface area contributed by atoms with Crippen molar-refractivity contribution in [1.82, 2.24) is 4.72 Å². The van der Waals surface area contributed by atoms with Crippen LogP contribution in [0.3, 0.4) is 0 Å². The van der Waals surface area contributed by atoms with Crippen molar-refractivity contribution in [3.05, 3.63) is 35.4 Å². The third kappa shape index (κ3) is 4.56. The molecule has 1 rings (SSSR count). The first-order valence-electron chi connectivity index (χ1n) is 6.54. The summed E-state index contributed by atoms with van der Waals surface area (Å²) in [5.41, 5.74) is 1.29. The van der Waals surface area contributed by atoms with Gasteiger partial charge in [0, 0.05) is 5.56 Å². The van der Waals surface area contributed by atoms with Crippen LogP contribution in [0.5, 0.6) is 0 Å². The molecule has 0 aromatic heterocycles. The molecule has 1 aromatic rings. The summed E-state index contributed by atoms with van der Waals surface area (Å²) in [7, 11) is -3.03. The second-order valence-electron chi connectivity index (χ2n) is 4.59. The van der Waals surface area contributed by atoms with Gasteiger partial charge in [0.2, 0.25) is 10.0 Å². The van der Waals surface area contributed by atoms with Crippen LogP contribution in [0.15, 0.2) is 24.3 Å². The Balaban J connectivity index is 2.83. The first-order chi connectivity index (χ1) is 9.81. The maximum Gasteiger partial charge on any atom is 0.325 e. The van der Waals surface area contributed by atoms with Crippen LogP contribution in [-0.2, 0) is 26.0 Å². The molecule has 21 heavy (non-hydrogen) atoms. The monoisotopic (exact) mass is 313 g/mol. The first kappa shape index (κ1) is 17.2. The number of sulfonamides is 1. The maximum atomic E-state index is 11.9. The number of amides is 1. The average Bonchev–Trinajstić information content (AvgIpc) is 2.46. The summed E-state index contributed by atoms with van der Waals surface area (Å²) >= 11 is 0. The number of carbonyl (C=O) groups is 2. The third-order valence-electron chi connectivity index (χ3n) is 2.99. The van der Waals surface area contributed by atoms with Gasteiger partial charge < -0.3 is 4.74 Å². The van der Waals surface area contributed by atoms with Gasteiger partial charge in [0.15, 0.2) is 5.25 Å². The lowest BCUT2D eigenvalue weighted by Crippen LogP contribution is -2.41. The topological polar surface area (TPSA) is 89.5 Å². The lowest BCUT2D eigenvalue weighted by molar-refractivity contribution is -0.139. The molecule has 116 valence electrons. The van der Waals surface area contributed by atoms with Crippen molar-refractivity contribution >= 4 is 21.9 Å². The van der Waals surface area contributed by atoms with Crippen molar-refractivity contribution in [3.8, 4) is 0 Å². The zero-order valence-corrected chi connectivity index (χ0v) is 13.1. The average molecular weight is 313 g/mol. The fraction of sp³-hybridized carbons (Fsp3) is 0.429. The predicted molar refractivity (Wildman–Crippen MR) is 78.3 cm³/mol. The van der Waals surface area contributed by atoms with Crippen molar-refractivity contribution < 1.29 is 22.7 Å². The molecule has 0 saturated carbocycles. The van der Waals surface area contributed by atoms with Crippen LogP contribution in [0, 0.1) is 0 Å². The summed E-state index contributed by atoms with van der Waals surface area (Å²) in [5.74, 6) is -1.69. The van der Waals surface area contributed by atoms with Crippen LogP contribution in [-0.4, -0.2) is 32.7 Å². The molecular formula is C14H19NO5S. The van der Waals surface area contributed by atoms with Crippen molar-refractivity contribution in [3.63, 3.8) is 0 Å². The summed E-state index contributed by atoms with van der Waals surface area (Å²) in [6.45, 7) is 3.20. The van der Waals surface area contributed by atoms with Crippen molar-refractivity contribution in [1.29, 1.82) is 0 Å². The van der Waals surface area contributed by atoms with E-state index >= 15 is 0 Å². The normalized spacial score (nSPS) is 12.5. The Hall–Kier alpha value is -1.89. The van der Waals surface area contributed by atoms with Crippen molar-refractivity contribution in [2.45, 2.75) is 31.9 Å². The van der Waals surface area contributed by atoms with Gasteiger partial charge in [-0.05, 0) is 31.0 Å². The van der Waals surface area contributed by atoms with Gasteiger partial charge in [-0.15, -0.1) is 0 Å². The number of rotatable bonds is 6. The first-order valence-corrected chi connectivity index (χ1v) is 8.09. The quantitative estimate of drug-likeness (QED) is 0.799. The molecule has 0 radical (unpaired) electrons. The summed E-state index contributed by atoms with van der Waals surface area (Å²) in [4.78, 5) is 23.1. The molecule has 0 bridgehead atoms. The lowest BCUT2D eigenvalue weighted by Gasteiger charge is -2.12. The summed E-state index contributed by atoms with van der Waals surface area (Å²) in [6.07, 6.45) is 1.87. The Morgan fingerprint density at radius 3 is 2.29 bits per heavy atom. The van der Waals surface area contributed by atoms with Gasteiger partial charge in [-0.1, -0.05) is 25.5 Å². The Labute approximate surface area is 124 Å². The number of aryl methyl sites for hydroxylation is 1. The zero-order valence-electron chi connectivity index (χ0n) is 12.3. The number of benzene rings is 1. The number of hydrogen-bond donors (Lipinski definition) is 1.